The first-order valence-electron chi connectivity index (χ1n) is 5.57. The highest BCUT2D eigenvalue weighted by atomic mass is 79.9. The largest absolute Gasteiger partial charge is 0.457 e. The van der Waals surface area contributed by atoms with E-state index in [4.69, 9.17) is 4.42 Å². The molecule has 2 rings (SSSR count). The maximum Gasteiger partial charge on any atom is 0.173 e. The molecule has 2 nitrogen and oxygen atoms in total. The number of halogens is 4. The number of hydrogen-bond donors (Lipinski definition) is 1. The molecule has 1 unspecified atom stereocenters. The standard InChI is InChI=1S/C13H11Br2F2NO/c1-18-11(7-4-5-19-13(7)15)6-8-10(16)3-2-9(14)12(8)17/h2-5,11,18H,6H2,1H3. The molecule has 2 aromatic rings. The van der Waals surface area contributed by atoms with Crippen molar-refractivity contribution in [1.29, 1.82) is 0 Å². The number of likely N-dealkylation sites (N-methyl/N-ethyl adjacent to an activating group) is 1. The smallest absolute Gasteiger partial charge is 0.173 e. The molecular formula is C13H11Br2F2NO. The number of furan rings is 1. The topological polar surface area (TPSA) is 25.2 Å². The lowest BCUT2D eigenvalue weighted by Gasteiger charge is -2.16. The third-order valence-electron chi connectivity index (χ3n) is 2.92. The third-order valence-corrected chi connectivity index (χ3v) is 4.17. The van der Waals surface area contributed by atoms with E-state index in [1.54, 1.807) is 13.1 Å². The van der Waals surface area contributed by atoms with E-state index in [2.05, 4.69) is 37.2 Å². The molecule has 1 heterocycles. The molecule has 1 atom stereocenters. The Hall–Kier alpha value is -0.720. The van der Waals surface area contributed by atoms with Gasteiger partial charge in [0, 0.05) is 17.2 Å². The number of hydrogen-bond acceptors (Lipinski definition) is 2. The molecule has 1 aromatic heterocycles. The van der Waals surface area contributed by atoms with E-state index >= 15 is 0 Å². The van der Waals surface area contributed by atoms with Gasteiger partial charge >= 0.3 is 0 Å². The van der Waals surface area contributed by atoms with Gasteiger partial charge < -0.3 is 9.73 Å². The zero-order chi connectivity index (χ0) is 14.0. The molecule has 0 aliphatic carbocycles. The van der Waals surface area contributed by atoms with E-state index < -0.39 is 11.6 Å². The summed E-state index contributed by atoms with van der Waals surface area (Å²) < 4.78 is 33.7. The summed E-state index contributed by atoms with van der Waals surface area (Å²) in [6, 6.07) is 4.13. The van der Waals surface area contributed by atoms with Crippen LogP contribution in [-0.4, -0.2) is 7.05 Å². The average Bonchev–Trinajstić information content (AvgIpc) is 2.81. The maximum atomic E-state index is 14.0. The van der Waals surface area contributed by atoms with Crippen LogP contribution in [0.5, 0.6) is 0 Å². The Labute approximate surface area is 126 Å². The zero-order valence-corrected chi connectivity index (χ0v) is 13.2. The highest BCUT2D eigenvalue weighted by molar-refractivity contribution is 9.10. The average molecular weight is 395 g/mol. The highest BCUT2D eigenvalue weighted by Gasteiger charge is 2.20. The van der Waals surface area contributed by atoms with E-state index in [9.17, 15) is 8.78 Å². The fourth-order valence-electron chi connectivity index (χ4n) is 1.88. The third kappa shape index (κ3) is 3.07. The lowest BCUT2D eigenvalue weighted by atomic mass is 10.0. The van der Waals surface area contributed by atoms with Gasteiger partial charge in [0.1, 0.15) is 11.6 Å². The summed E-state index contributed by atoms with van der Waals surface area (Å²) in [4.78, 5) is 0. The molecule has 0 aliphatic rings. The van der Waals surface area contributed by atoms with Gasteiger partial charge in [-0.2, -0.15) is 0 Å². The van der Waals surface area contributed by atoms with Crippen LogP contribution in [-0.2, 0) is 6.42 Å². The van der Waals surface area contributed by atoms with Gasteiger partial charge in [0.05, 0.1) is 10.7 Å². The van der Waals surface area contributed by atoms with Crippen LogP contribution in [0.15, 0.2) is 38.0 Å². The lowest BCUT2D eigenvalue weighted by Crippen LogP contribution is -2.20. The van der Waals surface area contributed by atoms with Crippen molar-refractivity contribution in [1.82, 2.24) is 5.32 Å². The SMILES string of the molecule is CNC(Cc1c(F)ccc(Br)c1F)c1ccoc1Br. The van der Waals surface area contributed by atoms with E-state index in [0.717, 1.165) is 5.56 Å². The van der Waals surface area contributed by atoms with Crippen LogP contribution in [0.1, 0.15) is 17.2 Å². The summed E-state index contributed by atoms with van der Waals surface area (Å²) in [5.74, 6) is -1.12. The summed E-state index contributed by atoms with van der Waals surface area (Å²) >= 11 is 6.33. The molecule has 0 amide bonds. The van der Waals surface area contributed by atoms with Crippen LogP contribution in [0.4, 0.5) is 8.78 Å². The minimum Gasteiger partial charge on any atom is -0.457 e. The van der Waals surface area contributed by atoms with Crippen molar-refractivity contribution in [3.63, 3.8) is 0 Å². The minimum atomic E-state index is -0.570. The van der Waals surface area contributed by atoms with Crippen molar-refractivity contribution in [2.24, 2.45) is 0 Å². The van der Waals surface area contributed by atoms with E-state index in [-0.39, 0.29) is 22.5 Å². The van der Waals surface area contributed by atoms with Crippen molar-refractivity contribution >= 4 is 31.9 Å². The Balaban J connectivity index is 2.34. The Morgan fingerprint density at radius 2 is 2.00 bits per heavy atom. The second kappa shape index (κ2) is 6.15. The van der Waals surface area contributed by atoms with Gasteiger partial charge in [-0.1, -0.05) is 0 Å². The first-order valence-corrected chi connectivity index (χ1v) is 7.15. The monoisotopic (exact) mass is 393 g/mol. The summed E-state index contributed by atoms with van der Waals surface area (Å²) in [7, 11) is 1.73. The summed E-state index contributed by atoms with van der Waals surface area (Å²) in [6.07, 6.45) is 1.71. The molecule has 0 fully saturated rings. The molecule has 0 aliphatic heterocycles. The van der Waals surface area contributed by atoms with E-state index in [0.29, 0.717) is 4.67 Å². The molecule has 1 aromatic carbocycles. The Morgan fingerprint density at radius 3 is 2.58 bits per heavy atom. The molecule has 0 bridgehead atoms. The predicted octanol–water partition coefficient (Wildman–Crippen LogP) is 4.59. The quantitative estimate of drug-likeness (QED) is 0.767. The van der Waals surface area contributed by atoms with Crippen LogP contribution >= 0.6 is 31.9 Å². The van der Waals surface area contributed by atoms with Gasteiger partial charge in [0.2, 0.25) is 0 Å². The zero-order valence-electron chi connectivity index (χ0n) is 10.0. The fourth-order valence-corrected chi connectivity index (χ4v) is 2.77. The lowest BCUT2D eigenvalue weighted by molar-refractivity contribution is 0.496. The fraction of sp³-hybridized carbons (Fsp3) is 0.231. The normalized spacial score (nSPS) is 12.7. The number of benzene rings is 1. The van der Waals surface area contributed by atoms with Crippen LogP contribution in [0.3, 0.4) is 0 Å². The van der Waals surface area contributed by atoms with Crippen LogP contribution < -0.4 is 5.32 Å². The molecule has 19 heavy (non-hydrogen) atoms. The second-order valence-corrected chi connectivity index (χ2v) is 5.59. The number of nitrogens with one attached hydrogen (secondary N) is 1. The number of rotatable bonds is 4. The van der Waals surface area contributed by atoms with Crippen molar-refractivity contribution in [3.05, 3.63) is 56.4 Å². The van der Waals surface area contributed by atoms with Crippen molar-refractivity contribution in [2.75, 3.05) is 7.05 Å². The molecular weight excluding hydrogens is 384 g/mol. The summed E-state index contributed by atoms with van der Waals surface area (Å²) in [5, 5.41) is 3.03. The van der Waals surface area contributed by atoms with Gasteiger partial charge in [-0.05, 0) is 63.5 Å². The predicted molar refractivity (Wildman–Crippen MR) is 76.0 cm³/mol. The Morgan fingerprint density at radius 1 is 1.26 bits per heavy atom. The summed E-state index contributed by atoms with van der Waals surface area (Å²) in [6.45, 7) is 0. The van der Waals surface area contributed by atoms with Crippen LogP contribution in [0.2, 0.25) is 0 Å². The second-order valence-electron chi connectivity index (χ2n) is 4.02. The Bertz CT molecular complexity index is 586. The van der Waals surface area contributed by atoms with E-state index in [1.807, 2.05) is 0 Å². The van der Waals surface area contributed by atoms with Gasteiger partial charge in [0.15, 0.2) is 4.67 Å². The molecule has 0 radical (unpaired) electrons. The van der Waals surface area contributed by atoms with Crippen LogP contribution in [0, 0.1) is 11.6 Å². The van der Waals surface area contributed by atoms with Crippen molar-refractivity contribution < 1.29 is 13.2 Å². The molecule has 0 saturated heterocycles. The molecule has 6 heteroatoms. The molecule has 0 saturated carbocycles. The molecule has 1 N–H and O–H groups in total. The van der Waals surface area contributed by atoms with Gasteiger partial charge in [0.25, 0.3) is 0 Å². The van der Waals surface area contributed by atoms with Crippen LogP contribution in [0.25, 0.3) is 0 Å². The van der Waals surface area contributed by atoms with Gasteiger partial charge in [-0.25, -0.2) is 8.78 Å². The molecule has 102 valence electrons. The Kier molecular flexibility index (Phi) is 4.76. The molecule has 0 spiro atoms. The van der Waals surface area contributed by atoms with Gasteiger partial charge in [-0.3, -0.25) is 0 Å². The highest BCUT2D eigenvalue weighted by Crippen LogP contribution is 2.30. The summed E-state index contributed by atoms with van der Waals surface area (Å²) in [5.41, 5.74) is 0.864. The van der Waals surface area contributed by atoms with Crippen molar-refractivity contribution in [3.8, 4) is 0 Å². The first-order chi connectivity index (χ1) is 9.04. The van der Waals surface area contributed by atoms with Gasteiger partial charge in [-0.15, -0.1) is 0 Å². The first kappa shape index (κ1) is 14.7. The van der Waals surface area contributed by atoms with Crippen molar-refractivity contribution in [2.45, 2.75) is 12.5 Å². The van der Waals surface area contributed by atoms with E-state index in [1.165, 1.54) is 18.4 Å². The minimum absolute atomic E-state index is 0.0434. The maximum absolute atomic E-state index is 14.0.